The molecule has 33 heavy (non-hydrogen) atoms. The van der Waals surface area contributed by atoms with Crippen molar-refractivity contribution in [3.8, 4) is 17.1 Å². The Morgan fingerprint density at radius 2 is 1.88 bits per heavy atom. The van der Waals surface area contributed by atoms with Gasteiger partial charge in [-0.2, -0.15) is 0 Å². The number of rotatable bonds is 6. The molecule has 0 aliphatic rings. The summed E-state index contributed by atoms with van der Waals surface area (Å²) in [4.78, 5) is 12.5. The Morgan fingerprint density at radius 1 is 1.12 bits per heavy atom. The molecule has 0 aliphatic carbocycles. The van der Waals surface area contributed by atoms with E-state index in [1.807, 2.05) is 47.9 Å². The van der Waals surface area contributed by atoms with Crippen LogP contribution < -0.4 is 5.32 Å². The molecule has 1 N–H and O–H groups in total. The number of aromatic nitrogens is 3. The molecule has 0 unspecified atom stereocenters. The SMILES string of the molecule is Cc1cccc(-c2nnc(SCC(=O)Nc3c(F)cc(F)cc3Br)n2-c2ccc(Cl)cc2)c1. The predicted molar refractivity (Wildman–Crippen MR) is 130 cm³/mol. The van der Waals surface area contributed by atoms with E-state index in [-0.39, 0.29) is 15.9 Å². The molecule has 3 aromatic carbocycles. The molecule has 1 aromatic heterocycles. The van der Waals surface area contributed by atoms with Crippen LogP contribution in [0.1, 0.15) is 5.56 Å². The van der Waals surface area contributed by atoms with Crippen molar-refractivity contribution in [2.75, 3.05) is 11.1 Å². The molecule has 0 radical (unpaired) electrons. The maximum absolute atomic E-state index is 14.0. The van der Waals surface area contributed by atoms with E-state index in [1.54, 1.807) is 12.1 Å². The van der Waals surface area contributed by atoms with Crippen molar-refractivity contribution < 1.29 is 13.6 Å². The summed E-state index contributed by atoms with van der Waals surface area (Å²) < 4.78 is 29.3. The third kappa shape index (κ3) is 5.43. The number of amides is 1. The molecular formula is C23H16BrClF2N4OS. The molecule has 0 saturated heterocycles. The number of nitrogens with one attached hydrogen (secondary N) is 1. The summed E-state index contributed by atoms with van der Waals surface area (Å²) in [6.45, 7) is 1.99. The summed E-state index contributed by atoms with van der Waals surface area (Å²) in [5.41, 5.74) is 2.59. The Morgan fingerprint density at radius 3 is 2.58 bits per heavy atom. The maximum atomic E-state index is 14.0. The first-order chi connectivity index (χ1) is 15.8. The molecule has 5 nitrogen and oxygen atoms in total. The lowest BCUT2D eigenvalue weighted by Crippen LogP contribution is -2.16. The van der Waals surface area contributed by atoms with Gasteiger partial charge in [0.15, 0.2) is 16.8 Å². The molecule has 168 valence electrons. The average Bonchev–Trinajstić information content (AvgIpc) is 3.19. The van der Waals surface area contributed by atoms with Crippen LogP contribution in [0.2, 0.25) is 5.02 Å². The quantitative estimate of drug-likeness (QED) is 0.273. The van der Waals surface area contributed by atoms with E-state index in [0.29, 0.717) is 22.1 Å². The van der Waals surface area contributed by atoms with E-state index < -0.39 is 17.5 Å². The van der Waals surface area contributed by atoms with Crippen LogP contribution in [-0.2, 0) is 4.79 Å². The van der Waals surface area contributed by atoms with Gasteiger partial charge in [-0.05, 0) is 59.3 Å². The smallest absolute Gasteiger partial charge is 0.234 e. The van der Waals surface area contributed by atoms with Crippen LogP contribution in [0.15, 0.2) is 70.3 Å². The minimum absolute atomic E-state index is 0.0667. The third-order valence-corrected chi connectivity index (χ3v) is 6.40. The van der Waals surface area contributed by atoms with E-state index in [1.165, 1.54) is 0 Å². The maximum Gasteiger partial charge on any atom is 0.234 e. The first-order valence-corrected chi connectivity index (χ1v) is 11.8. The monoisotopic (exact) mass is 548 g/mol. The van der Waals surface area contributed by atoms with Crippen molar-refractivity contribution in [2.24, 2.45) is 0 Å². The molecule has 0 bridgehead atoms. The third-order valence-electron chi connectivity index (χ3n) is 4.60. The van der Waals surface area contributed by atoms with Gasteiger partial charge in [-0.1, -0.05) is 47.1 Å². The van der Waals surface area contributed by atoms with Gasteiger partial charge < -0.3 is 5.32 Å². The summed E-state index contributed by atoms with van der Waals surface area (Å²) in [5, 5.41) is 12.1. The number of carbonyl (C=O) groups is 1. The highest BCUT2D eigenvalue weighted by molar-refractivity contribution is 9.10. The van der Waals surface area contributed by atoms with Crippen molar-refractivity contribution in [3.63, 3.8) is 0 Å². The molecule has 4 rings (SSSR count). The van der Waals surface area contributed by atoms with Crippen molar-refractivity contribution in [3.05, 3.63) is 87.4 Å². The second-order valence-electron chi connectivity index (χ2n) is 7.07. The average molecular weight is 550 g/mol. The summed E-state index contributed by atoms with van der Waals surface area (Å²) in [7, 11) is 0. The van der Waals surface area contributed by atoms with Crippen LogP contribution >= 0.6 is 39.3 Å². The zero-order valence-corrected chi connectivity index (χ0v) is 20.3. The largest absolute Gasteiger partial charge is 0.322 e. The van der Waals surface area contributed by atoms with E-state index in [0.717, 1.165) is 34.6 Å². The molecule has 0 aliphatic heterocycles. The Balaban J connectivity index is 1.61. The van der Waals surface area contributed by atoms with Gasteiger partial charge in [0.05, 0.1) is 11.4 Å². The van der Waals surface area contributed by atoms with E-state index in [2.05, 4.69) is 31.4 Å². The number of halogens is 4. The topological polar surface area (TPSA) is 59.8 Å². The summed E-state index contributed by atoms with van der Waals surface area (Å²) >= 11 is 10.3. The fourth-order valence-corrected chi connectivity index (χ4v) is 4.51. The zero-order valence-electron chi connectivity index (χ0n) is 17.2. The van der Waals surface area contributed by atoms with Gasteiger partial charge in [0.1, 0.15) is 5.82 Å². The summed E-state index contributed by atoms with van der Waals surface area (Å²) in [6, 6.07) is 16.8. The molecular weight excluding hydrogens is 534 g/mol. The fraction of sp³-hybridized carbons (Fsp3) is 0.0870. The molecule has 1 heterocycles. The number of anilines is 1. The van der Waals surface area contributed by atoms with Crippen molar-refractivity contribution in [1.82, 2.24) is 14.8 Å². The van der Waals surface area contributed by atoms with Crippen molar-refractivity contribution in [1.29, 1.82) is 0 Å². The molecule has 0 spiro atoms. The van der Waals surface area contributed by atoms with Crippen LogP contribution in [-0.4, -0.2) is 26.4 Å². The van der Waals surface area contributed by atoms with Crippen LogP contribution in [0.5, 0.6) is 0 Å². The number of aryl methyl sites for hydroxylation is 1. The Bertz CT molecular complexity index is 1310. The van der Waals surface area contributed by atoms with Gasteiger partial charge in [0.2, 0.25) is 5.91 Å². The first-order valence-electron chi connectivity index (χ1n) is 9.67. The van der Waals surface area contributed by atoms with Gasteiger partial charge in [-0.25, -0.2) is 8.78 Å². The Labute approximate surface area is 206 Å². The molecule has 1 amide bonds. The highest BCUT2D eigenvalue weighted by Gasteiger charge is 2.19. The van der Waals surface area contributed by atoms with Gasteiger partial charge in [0.25, 0.3) is 0 Å². The number of hydrogen-bond acceptors (Lipinski definition) is 4. The van der Waals surface area contributed by atoms with Gasteiger partial charge in [0, 0.05) is 26.8 Å². The van der Waals surface area contributed by atoms with Crippen LogP contribution in [0, 0.1) is 18.6 Å². The number of hydrogen-bond donors (Lipinski definition) is 1. The number of carbonyl (C=O) groups excluding carboxylic acids is 1. The second kappa shape index (κ2) is 10.0. The van der Waals surface area contributed by atoms with Crippen molar-refractivity contribution >= 4 is 50.9 Å². The van der Waals surface area contributed by atoms with Gasteiger partial charge >= 0.3 is 0 Å². The van der Waals surface area contributed by atoms with Crippen LogP contribution in [0.25, 0.3) is 17.1 Å². The molecule has 10 heteroatoms. The molecule has 0 atom stereocenters. The van der Waals surface area contributed by atoms with E-state index in [4.69, 9.17) is 11.6 Å². The lowest BCUT2D eigenvalue weighted by atomic mass is 10.1. The molecule has 4 aromatic rings. The lowest BCUT2D eigenvalue weighted by Gasteiger charge is -2.12. The number of benzene rings is 3. The standard InChI is InChI=1S/C23H16BrClF2N4OS/c1-13-3-2-4-14(9-13)22-29-30-23(31(22)17-7-5-15(25)6-8-17)33-12-20(32)28-21-18(24)10-16(26)11-19(21)27/h2-11H,12H2,1H3,(H,28,32). The zero-order chi connectivity index (χ0) is 23.5. The Hall–Kier alpha value is -2.75. The fourth-order valence-electron chi connectivity index (χ4n) is 3.12. The van der Waals surface area contributed by atoms with Crippen molar-refractivity contribution in [2.45, 2.75) is 12.1 Å². The van der Waals surface area contributed by atoms with Gasteiger partial charge in [-0.15, -0.1) is 10.2 Å². The minimum atomic E-state index is -0.869. The molecule has 0 fully saturated rings. The highest BCUT2D eigenvalue weighted by atomic mass is 79.9. The first kappa shape index (κ1) is 23.4. The lowest BCUT2D eigenvalue weighted by molar-refractivity contribution is -0.113. The second-order valence-corrected chi connectivity index (χ2v) is 9.30. The minimum Gasteiger partial charge on any atom is -0.322 e. The van der Waals surface area contributed by atoms with Crippen LogP contribution in [0.4, 0.5) is 14.5 Å². The van der Waals surface area contributed by atoms with E-state index >= 15 is 0 Å². The summed E-state index contributed by atoms with van der Waals surface area (Å²) in [6.07, 6.45) is 0. The predicted octanol–water partition coefficient (Wildman–Crippen LogP) is 6.67. The van der Waals surface area contributed by atoms with Gasteiger partial charge in [-0.3, -0.25) is 9.36 Å². The van der Waals surface area contributed by atoms with E-state index in [9.17, 15) is 13.6 Å². The number of thioether (sulfide) groups is 1. The normalized spacial score (nSPS) is 10.9. The number of nitrogens with zero attached hydrogens (tertiary/aromatic N) is 3. The molecule has 0 saturated carbocycles. The Kier molecular flexibility index (Phi) is 7.11. The highest BCUT2D eigenvalue weighted by Crippen LogP contribution is 2.30. The summed E-state index contributed by atoms with van der Waals surface area (Å²) in [5.74, 6) is -1.55. The van der Waals surface area contributed by atoms with Crippen LogP contribution in [0.3, 0.4) is 0 Å².